The van der Waals surface area contributed by atoms with Crippen molar-refractivity contribution >= 4 is 15.9 Å². The van der Waals surface area contributed by atoms with Crippen LogP contribution >= 0.6 is 15.9 Å². The lowest BCUT2D eigenvalue weighted by molar-refractivity contribution is 0.389. The van der Waals surface area contributed by atoms with Crippen molar-refractivity contribution in [2.24, 2.45) is 5.92 Å². The van der Waals surface area contributed by atoms with Crippen molar-refractivity contribution in [3.8, 4) is 0 Å². The van der Waals surface area contributed by atoms with Gasteiger partial charge in [-0.15, -0.1) is 0 Å². The summed E-state index contributed by atoms with van der Waals surface area (Å²) >= 11 is 3.45. The molecule has 0 bridgehead atoms. The molecule has 2 heteroatoms. The Bertz CT molecular complexity index is 292. The molecule has 1 rings (SSSR count). The Morgan fingerprint density at radius 1 is 1.00 bits per heavy atom. The third-order valence-corrected chi connectivity index (χ3v) is 3.41. The van der Waals surface area contributed by atoms with E-state index < -0.39 is 0 Å². The van der Waals surface area contributed by atoms with Crippen molar-refractivity contribution in [2.75, 3.05) is 0 Å². The minimum absolute atomic E-state index is 0.412. The molecular weight excluding hydrogens is 250 g/mol. The van der Waals surface area contributed by atoms with Crippen LogP contribution in [0.15, 0.2) is 28.7 Å². The van der Waals surface area contributed by atoms with Gasteiger partial charge in [-0.3, -0.25) is 0 Å². The lowest BCUT2D eigenvalue weighted by Gasteiger charge is -2.23. The molecule has 1 aromatic rings. The molecule has 0 spiro atoms. The maximum atomic E-state index is 3.60. The van der Waals surface area contributed by atoms with Gasteiger partial charge in [0.25, 0.3) is 0 Å². The van der Waals surface area contributed by atoms with Crippen LogP contribution in [0.5, 0.6) is 0 Å². The summed E-state index contributed by atoms with van der Waals surface area (Å²) in [5.74, 6) is 0.669. The van der Waals surface area contributed by atoms with E-state index in [-0.39, 0.29) is 0 Å². The van der Waals surface area contributed by atoms with Crippen LogP contribution in [0.3, 0.4) is 0 Å². The summed E-state index contributed by atoms with van der Waals surface area (Å²) in [6.07, 6.45) is 0. The second-order valence-electron chi connectivity index (χ2n) is 4.47. The zero-order valence-electron chi connectivity index (χ0n) is 9.92. The Hall–Kier alpha value is -0.340. The van der Waals surface area contributed by atoms with Crippen molar-refractivity contribution in [2.45, 2.75) is 39.8 Å². The molecule has 84 valence electrons. The van der Waals surface area contributed by atoms with E-state index in [1.807, 2.05) is 0 Å². The SMILES string of the molecule is CC(C)C(C)N[C@H](C)c1ccc(Br)cc1. The van der Waals surface area contributed by atoms with Gasteiger partial charge in [0.1, 0.15) is 0 Å². The van der Waals surface area contributed by atoms with Gasteiger partial charge in [0.05, 0.1) is 0 Å². The van der Waals surface area contributed by atoms with Crippen LogP contribution in [-0.4, -0.2) is 6.04 Å². The van der Waals surface area contributed by atoms with Crippen molar-refractivity contribution in [3.05, 3.63) is 34.3 Å². The lowest BCUT2D eigenvalue weighted by Crippen LogP contribution is -2.32. The highest BCUT2D eigenvalue weighted by molar-refractivity contribution is 9.10. The zero-order chi connectivity index (χ0) is 11.4. The van der Waals surface area contributed by atoms with Crippen LogP contribution in [0.1, 0.15) is 39.3 Å². The molecule has 0 amide bonds. The van der Waals surface area contributed by atoms with E-state index in [1.165, 1.54) is 5.56 Å². The van der Waals surface area contributed by atoms with E-state index in [0.29, 0.717) is 18.0 Å². The summed E-state index contributed by atoms with van der Waals surface area (Å²) in [5.41, 5.74) is 1.34. The van der Waals surface area contributed by atoms with E-state index in [0.717, 1.165) is 4.47 Å². The Kier molecular flexibility index (Phi) is 4.81. The fourth-order valence-electron chi connectivity index (χ4n) is 1.43. The predicted molar refractivity (Wildman–Crippen MR) is 70.0 cm³/mol. The van der Waals surface area contributed by atoms with Crippen LogP contribution in [0, 0.1) is 5.92 Å². The largest absolute Gasteiger partial charge is 0.307 e. The van der Waals surface area contributed by atoms with Crippen LogP contribution < -0.4 is 5.32 Å². The molecule has 15 heavy (non-hydrogen) atoms. The van der Waals surface area contributed by atoms with E-state index in [1.54, 1.807) is 0 Å². The van der Waals surface area contributed by atoms with Gasteiger partial charge in [-0.2, -0.15) is 0 Å². The Morgan fingerprint density at radius 2 is 1.53 bits per heavy atom. The first kappa shape index (κ1) is 12.7. The van der Waals surface area contributed by atoms with E-state index in [2.05, 4.69) is 73.2 Å². The zero-order valence-corrected chi connectivity index (χ0v) is 11.5. The summed E-state index contributed by atoms with van der Waals surface area (Å²) < 4.78 is 1.13. The maximum absolute atomic E-state index is 3.60. The number of nitrogens with one attached hydrogen (secondary N) is 1. The van der Waals surface area contributed by atoms with Crippen LogP contribution in [0.4, 0.5) is 0 Å². The standard InChI is InChI=1S/C13H20BrN/c1-9(2)10(3)15-11(4)12-5-7-13(14)8-6-12/h5-11,15H,1-4H3/t10?,11-/m1/s1. The highest BCUT2D eigenvalue weighted by atomic mass is 79.9. The van der Waals surface area contributed by atoms with Gasteiger partial charge in [-0.25, -0.2) is 0 Å². The minimum atomic E-state index is 0.412. The highest BCUT2D eigenvalue weighted by Gasteiger charge is 2.11. The summed E-state index contributed by atoms with van der Waals surface area (Å²) in [6.45, 7) is 8.93. The van der Waals surface area contributed by atoms with Crippen LogP contribution in [0.2, 0.25) is 0 Å². The molecule has 1 nitrogen and oxygen atoms in total. The monoisotopic (exact) mass is 269 g/mol. The van der Waals surface area contributed by atoms with Gasteiger partial charge in [-0.05, 0) is 37.5 Å². The van der Waals surface area contributed by atoms with Gasteiger partial charge in [-0.1, -0.05) is 41.9 Å². The van der Waals surface area contributed by atoms with E-state index in [4.69, 9.17) is 0 Å². The molecule has 2 atom stereocenters. The molecule has 0 saturated heterocycles. The summed E-state index contributed by atoms with van der Waals surface area (Å²) in [4.78, 5) is 0. The molecular formula is C13H20BrN. The molecule has 0 heterocycles. The fourth-order valence-corrected chi connectivity index (χ4v) is 1.70. The summed E-state index contributed by atoms with van der Waals surface area (Å²) in [5, 5.41) is 3.60. The van der Waals surface area contributed by atoms with Gasteiger partial charge < -0.3 is 5.32 Å². The van der Waals surface area contributed by atoms with E-state index >= 15 is 0 Å². The number of rotatable bonds is 4. The van der Waals surface area contributed by atoms with E-state index in [9.17, 15) is 0 Å². The second kappa shape index (κ2) is 5.66. The van der Waals surface area contributed by atoms with Crippen molar-refractivity contribution < 1.29 is 0 Å². The lowest BCUT2D eigenvalue weighted by atomic mass is 10.0. The molecule has 0 fully saturated rings. The molecule has 0 aliphatic carbocycles. The fraction of sp³-hybridized carbons (Fsp3) is 0.538. The van der Waals surface area contributed by atoms with Gasteiger partial charge >= 0.3 is 0 Å². The maximum Gasteiger partial charge on any atom is 0.0294 e. The molecule has 0 aliphatic heterocycles. The normalized spacial score (nSPS) is 15.3. The average Bonchev–Trinajstić information content (AvgIpc) is 2.18. The average molecular weight is 270 g/mol. The Balaban J connectivity index is 2.61. The Labute approximate surface area is 101 Å². The van der Waals surface area contributed by atoms with Crippen molar-refractivity contribution in [1.82, 2.24) is 5.32 Å². The molecule has 1 aromatic carbocycles. The van der Waals surface area contributed by atoms with Gasteiger partial charge in [0.2, 0.25) is 0 Å². The smallest absolute Gasteiger partial charge is 0.0294 e. The third-order valence-electron chi connectivity index (χ3n) is 2.88. The molecule has 0 aliphatic rings. The molecule has 1 N–H and O–H groups in total. The summed E-state index contributed by atoms with van der Waals surface area (Å²) in [6, 6.07) is 9.46. The minimum Gasteiger partial charge on any atom is -0.307 e. The van der Waals surface area contributed by atoms with Gasteiger partial charge in [0, 0.05) is 16.6 Å². The second-order valence-corrected chi connectivity index (χ2v) is 5.39. The molecule has 0 radical (unpaired) electrons. The van der Waals surface area contributed by atoms with Crippen molar-refractivity contribution in [3.63, 3.8) is 0 Å². The number of halogens is 1. The predicted octanol–water partition coefficient (Wildman–Crippen LogP) is 4.14. The summed E-state index contributed by atoms with van der Waals surface area (Å²) in [7, 11) is 0. The topological polar surface area (TPSA) is 12.0 Å². The quantitative estimate of drug-likeness (QED) is 0.866. The number of benzene rings is 1. The van der Waals surface area contributed by atoms with Crippen molar-refractivity contribution in [1.29, 1.82) is 0 Å². The molecule has 0 aromatic heterocycles. The van der Waals surface area contributed by atoms with Crippen LogP contribution in [-0.2, 0) is 0 Å². The Morgan fingerprint density at radius 3 is 2.00 bits per heavy atom. The first-order valence-electron chi connectivity index (χ1n) is 5.52. The molecule has 0 saturated carbocycles. The number of hydrogen-bond acceptors (Lipinski definition) is 1. The molecule has 1 unspecified atom stereocenters. The van der Waals surface area contributed by atoms with Crippen LogP contribution in [0.25, 0.3) is 0 Å². The van der Waals surface area contributed by atoms with Gasteiger partial charge in [0.15, 0.2) is 0 Å². The third kappa shape index (κ3) is 3.96. The highest BCUT2D eigenvalue weighted by Crippen LogP contribution is 2.17. The first-order chi connectivity index (χ1) is 7.00. The first-order valence-corrected chi connectivity index (χ1v) is 6.31. The number of hydrogen-bond donors (Lipinski definition) is 1.